The standard InChI is InChI=1S/C13H20ClN3O/c1-4-13(5-2,8-15)12(18)17-10-9(3)6-7-16-11(10)14/h6-7H,4-5,8,15H2,1-3H3,(H,17,18). The van der Waals surface area contributed by atoms with Crippen LogP contribution in [0.25, 0.3) is 0 Å². The normalized spacial score (nSPS) is 11.4. The number of halogens is 1. The first-order valence-electron chi connectivity index (χ1n) is 6.13. The second-order valence-corrected chi connectivity index (χ2v) is 4.80. The van der Waals surface area contributed by atoms with Gasteiger partial charge >= 0.3 is 0 Å². The molecule has 1 rings (SSSR count). The Morgan fingerprint density at radius 2 is 2.11 bits per heavy atom. The summed E-state index contributed by atoms with van der Waals surface area (Å²) in [5, 5.41) is 3.17. The summed E-state index contributed by atoms with van der Waals surface area (Å²) in [6.45, 7) is 6.13. The average molecular weight is 270 g/mol. The van der Waals surface area contributed by atoms with E-state index in [-0.39, 0.29) is 5.91 Å². The number of pyridine rings is 1. The van der Waals surface area contributed by atoms with E-state index in [2.05, 4.69) is 10.3 Å². The van der Waals surface area contributed by atoms with E-state index in [1.165, 1.54) is 0 Å². The SMILES string of the molecule is CCC(CC)(CN)C(=O)Nc1c(C)ccnc1Cl. The van der Waals surface area contributed by atoms with Gasteiger partial charge in [-0.25, -0.2) is 4.98 Å². The maximum Gasteiger partial charge on any atom is 0.231 e. The van der Waals surface area contributed by atoms with Crippen LogP contribution < -0.4 is 11.1 Å². The number of hydrogen-bond acceptors (Lipinski definition) is 3. The summed E-state index contributed by atoms with van der Waals surface area (Å²) in [5.41, 5.74) is 6.68. The number of carbonyl (C=O) groups excluding carboxylic acids is 1. The van der Waals surface area contributed by atoms with Crippen molar-refractivity contribution in [3.05, 3.63) is 23.0 Å². The Labute approximate surface area is 113 Å². The van der Waals surface area contributed by atoms with Crippen molar-refractivity contribution in [1.29, 1.82) is 0 Å². The molecule has 3 N–H and O–H groups in total. The van der Waals surface area contributed by atoms with Gasteiger partial charge in [-0.3, -0.25) is 4.79 Å². The molecule has 0 spiro atoms. The van der Waals surface area contributed by atoms with Gasteiger partial charge in [0.2, 0.25) is 5.91 Å². The minimum atomic E-state index is -0.536. The monoisotopic (exact) mass is 269 g/mol. The number of nitrogens with two attached hydrogens (primary N) is 1. The van der Waals surface area contributed by atoms with Crippen LogP contribution >= 0.6 is 11.6 Å². The van der Waals surface area contributed by atoms with Crippen LogP contribution in [0.5, 0.6) is 0 Å². The quantitative estimate of drug-likeness (QED) is 0.808. The number of rotatable bonds is 5. The maximum atomic E-state index is 12.4. The Morgan fingerprint density at radius 3 is 2.56 bits per heavy atom. The third kappa shape index (κ3) is 2.82. The second-order valence-electron chi connectivity index (χ2n) is 4.44. The Kier molecular flexibility index (Phi) is 5.11. The minimum absolute atomic E-state index is 0.0898. The molecule has 0 aliphatic carbocycles. The van der Waals surface area contributed by atoms with Crippen molar-refractivity contribution in [3.63, 3.8) is 0 Å². The molecule has 0 saturated heterocycles. The Balaban J connectivity index is 3.00. The van der Waals surface area contributed by atoms with Crippen LogP contribution in [0, 0.1) is 12.3 Å². The van der Waals surface area contributed by atoms with Crippen molar-refractivity contribution in [2.75, 3.05) is 11.9 Å². The Morgan fingerprint density at radius 1 is 1.50 bits per heavy atom. The third-order valence-electron chi connectivity index (χ3n) is 3.58. The van der Waals surface area contributed by atoms with Crippen molar-refractivity contribution in [2.24, 2.45) is 11.1 Å². The van der Waals surface area contributed by atoms with Gasteiger partial charge in [-0.05, 0) is 31.4 Å². The van der Waals surface area contributed by atoms with E-state index < -0.39 is 5.41 Å². The van der Waals surface area contributed by atoms with Crippen LogP contribution in [0.3, 0.4) is 0 Å². The van der Waals surface area contributed by atoms with Gasteiger partial charge < -0.3 is 11.1 Å². The lowest BCUT2D eigenvalue weighted by atomic mass is 9.81. The molecule has 5 heteroatoms. The first kappa shape index (κ1) is 14.9. The zero-order chi connectivity index (χ0) is 13.8. The summed E-state index contributed by atoms with van der Waals surface area (Å²) < 4.78 is 0. The molecule has 0 saturated carbocycles. The molecule has 0 aliphatic heterocycles. The molecule has 0 aromatic carbocycles. The number of anilines is 1. The Bertz CT molecular complexity index is 402. The first-order valence-corrected chi connectivity index (χ1v) is 6.51. The van der Waals surface area contributed by atoms with E-state index in [9.17, 15) is 4.79 Å². The zero-order valence-corrected chi connectivity index (χ0v) is 11.8. The maximum absolute atomic E-state index is 12.4. The third-order valence-corrected chi connectivity index (χ3v) is 3.86. The van der Waals surface area contributed by atoms with Gasteiger partial charge in [0.05, 0.1) is 11.1 Å². The fourth-order valence-corrected chi connectivity index (χ4v) is 2.13. The summed E-state index contributed by atoms with van der Waals surface area (Å²) in [6, 6.07) is 1.81. The summed E-state index contributed by atoms with van der Waals surface area (Å²) in [7, 11) is 0. The zero-order valence-electron chi connectivity index (χ0n) is 11.1. The largest absolute Gasteiger partial charge is 0.329 e. The van der Waals surface area contributed by atoms with Crippen molar-refractivity contribution in [1.82, 2.24) is 4.98 Å². The van der Waals surface area contributed by atoms with Crippen LogP contribution in [-0.4, -0.2) is 17.4 Å². The lowest BCUT2D eigenvalue weighted by Crippen LogP contribution is -2.41. The molecule has 18 heavy (non-hydrogen) atoms. The molecule has 1 aromatic rings. The van der Waals surface area contributed by atoms with Gasteiger partial charge in [-0.1, -0.05) is 25.4 Å². The van der Waals surface area contributed by atoms with Gasteiger partial charge in [0, 0.05) is 12.7 Å². The molecule has 1 heterocycles. The predicted molar refractivity (Wildman–Crippen MR) is 74.7 cm³/mol. The molecule has 0 aliphatic rings. The van der Waals surface area contributed by atoms with Crippen molar-refractivity contribution < 1.29 is 4.79 Å². The van der Waals surface area contributed by atoms with E-state index in [0.29, 0.717) is 30.2 Å². The first-order chi connectivity index (χ1) is 8.50. The molecule has 1 aromatic heterocycles. The van der Waals surface area contributed by atoms with Crippen LogP contribution in [0.2, 0.25) is 5.15 Å². The highest BCUT2D eigenvalue weighted by molar-refractivity contribution is 6.32. The van der Waals surface area contributed by atoms with Crippen LogP contribution in [0.1, 0.15) is 32.3 Å². The van der Waals surface area contributed by atoms with E-state index in [1.807, 2.05) is 26.8 Å². The molecule has 1 amide bonds. The van der Waals surface area contributed by atoms with Gasteiger partial charge in [0.1, 0.15) is 0 Å². The van der Waals surface area contributed by atoms with Gasteiger partial charge in [0.25, 0.3) is 0 Å². The highest BCUT2D eigenvalue weighted by atomic mass is 35.5. The molecule has 100 valence electrons. The summed E-state index contributed by atoms with van der Waals surface area (Å²) in [5.74, 6) is -0.0898. The van der Waals surface area contributed by atoms with Gasteiger partial charge in [-0.15, -0.1) is 0 Å². The number of carbonyl (C=O) groups is 1. The highest BCUT2D eigenvalue weighted by Gasteiger charge is 2.33. The van der Waals surface area contributed by atoms with Gasteiger partial charge in [-0.2, -0.15) is 0 Å². The fraction of sp³-hybridized carbons (Fsp3) is 0.538. The van der Waals surface area contributed by atoms with E-state index in [0.717, 1.165) is 5.56 Å². The topological polar surface area (TPSA) is 68.0 Å². The number of nitrogens with zero attached hydrogens (tertiary/aromatic N) is 1. The van der Waals surface area contributed by atoms with E-state index in [1.54, 1.807) is 6.20 Å². The number of nitrogens with one attached hydrogen (secondary N) is 1. The molecule has 0 unspecified atom stereocenters. The van der Waals surface area contributed by atoms with E-state index >= 15 is 0 Å². The summed E-state index contributed by atoms with van der Waals surface area (Å²) in [4.78, 5) is 16.3. The number of amides is 1. The molecule has 0 fully saturated rings. The summed E-state index contributed by atoms with van der Waals surface area (Å²) >= 11 is 6.00. The molecule has 0 bridgehead atoms. The predicted octanol–water partition coefficient (Wildman–Crippen LogP) is 2.75. The highest BCUT2D eigenvalue weighted by Crippen LogP contribution is 2.29. The molecular weight excluding hydrogens is 250 g/mol. The van der Waals surface area contributed by atoms with E-state index in [4.69, 9.17) is 17.3 Å². The smallest absolute Gasteiger partial charge is 0.231 e. The lowest BCUT2D eigenvalue weighted by molar-refractivity contribution is -0.125. The second kappa shape index (κ2) is 6.16. The molecular formula is C13H20ClN3O. The van der Waals surface area contributed by atoms with Crippen LogP contribution in [-0.2, 0) is 4.79 Å². The van der Waals surface area contributed by atoms with Crippen molar-refractivity contribution >= 4 is 23.2 Å². The lowest BCUT2D eigenvalue weighted by Gasteiger charge is -2.28. The molecule has 0 atom stereocenters. The summed E-state index contributed by atoms with van der Waals surface area (Å²) in [6.07, 6.45) is 3.01. The van der Waals surface area contributed by atoms with Crippen LogP contribution in [0.4, 0.5) is 5.69 Å². The Hall–Kier alpha value is -1.13. The van der Waals surface area contributed by atoms with Crippen molar-refractivity contribution in [2.45, 2.75) is 33.6 Å². The van der Waals surface area contributed by atoms with Gasteiger partial charge in [0.15, 0.2) is 5.15 Å². The fourth-order valence-electron chi connectivity index (χ4n) is 1.87. The minimum Gasteiger partial charge on any atom is -0.329 e. The van der Waals surface area contributed by atoms with Crippen LogP contribution in [0.15, 0.2) is 12.3 Å². The van der Waals surface area contributed by atoms with Crippen molar-refractivity contribution in [3.8, 4) is 0 Å². The molecule has 0 radical (unpaired) electrons. The number of aromatic nitrogens is 1. The number of aryl methyl sites for hydroxylation is 1. The molecule has 4 nitrogen and oxygen atoms in total. The average Bonchev–Trinajstić information content (AvgIpc) is 2.37. The number of hydrogen-bond donors (Lipinski definition) is 2.